The van der Waals surface area contributed by atoms with Gasteiger partial charge < -0.3 is 4.42 Å². The summed E-state index contributed by atoms with van der Waals surface area (Å²) >= 11 is 0. The van der Waals surface area contributed by atoms with Crippen LogP contribution >= 0.6 is 0 Å². The molecule has 0 bridgehead atoms. The van der Waals surface area contributed by atoms with Crippen LogP contribution < -0.4 is 11.3 Å². The van der Waals surface area contributed by atoms with E-state index in [1.807, 2.05) is 19.1 Å². The topological polar surface area (TPSA) is 51.2 Å². The fraction of sp³-hybridized carbons (Fsp3) is 0.556. The SMILES string of the molecule is Cc1ccc(C(NN)C2CC2)o1. The summed E-state index contributed by atoms with van der Waals surface area (Å²) in [5.74, 6) is 8.05. The fourth-order valence-electron chi connectivity index (χ4n) is 1.50. The van der Waals surface area contributed by atoms with Crippen LogP contribution in [0.3, 0.4) is 0 Å². The van der Waals surface area contributed by atoms with Crippen molar-refractivity contribution in [3.05, 3.63) is 23.7 Å². The second-order valence-electron chi connectivity index (χ2n) is 3.43. The van der Waals surface area contributed by atoms with Crippen molar-refractivity contribution in [2.24, 2.45) is 11.8 Å². The molecular formula is C9H14N2O. The number of rotatable bonds is 3. The van der Waals surface area contributed by atoms with E-state index in [2.05, 4.69) is 5.43 Å². The lowest BCUT2D eigenvalue weighted by Crippen LogP contribution is -2.29. The number of hydrogen-bond acceptors (Lipinski definition) is 3. The normalized spacial score (nSPS) is 19.5. The number of aryl methyl sites for hydroxylation is 1. The predicted molar refractivity (Wildman–Crippen MR) is 46.2 cm³/mol. The van der Waals surface area contributed by atoms with Gasteiger partial charge in [-0.1, -0.05) is 0 Å². The fourth-order valence-corrected chi connectivity index (χ4v) is 1.50. The van der Waals surface area contributed by atoms with Gasteiger partial charge in [-0.3, -0.25) is 5.84 Å². The summed E-state index contributed by atoms with van der Waals surface area (Å²) < 4.78 is 5.50. The van der Waals surface area contributed by atoms with E-state index in [4.69, 9.17) is 10.3 Å². The first-order valence-electron chi connectivity index (χ1n) is 4.33. The number of furan rings is 1. The average Bonchev–Trinajstić information content (AvgIpc) is 2.78. The van der Waals surface area contributed by atoms with Crippen molar-refractivity contribution in [2.45, 2.75) is 25.8 Å². The molecule has 0 spiro atoms. The molecule has 0 amide bonds. The second kappa shape index (κ2) is 2.92. The zero-order chi connectivity index (χ0) is 8.55. The van der Waals surface area contributed by atoms with E-state index >= 15 is 0 Å². The van der Waals surface area contributed by atoms with Crippen LogP contribution in [0.2, 0.25) is 0 Å². The maximum Gasteiger partial charge on any atom is 0.122 e. The molecule has 12 heavy (non-hydrogen) atoms. The summed E-state index contributed by atoms with van der Waals surface area (Å²) in [6, 6.07) is 4.19. The van der Waals surface area contributed by atoms with E-state index in [-0.39, 0.29) is 6.04 Å². The Bertz CT molecular complexity index is 265. The third kappa shape index (κ3) is 1.38. The van der Waals surface area contributed by atoms with Gasteiger partial charge in [0, 0.05) is 0 Å². The van der Waals surface area contributed by atoms with Crippen molar-refractivity contribution in [1.29, 1.82) is 0 Å². The number of nitrogens with one attached hydrogen (secondary N) is 1. The molecule has 1 heterocycles. The molecule has 1 fully saturated rings. The third-order valence-corrected chi connectivity index (χ3v) is 2.34. The van der Waals surface area contributed by atoms with Gasteiger partial charge in [-0.25, -0.2) is 5.43 Å². The standard InChI is InChI=1S/C9H14N2O/c1-6-2-5-8(12-6)9(11-10)7-3-4-7/h2,5,7,9,11H,3-4,10H2,1H3. The summed E-state index contributed by atoms with van der Waals surface area (Å²) in [5.41, 5.74) is 2.80. The summed E-state index contributed by atoms with van der Waals surface area (Å²) in [4.78, 5) is 0. The molecule has 1 aromatic heterocycles. The van der Waals surface area contributed by atoms with Gasteiger partial charge in [0.1, 0.15) is 11.5 Å². The molecule has 3 heteroatoms. The van der Waals surface area contributed by atoms with Gasteiger partial charge in [0.2, 0.25) is 0 Å². The van der Waals surface area contributed by atoms with Crippen LogP contribution in [0.5, 0.6) is 0 Å². The van der Waals surface area contributed by atoms with Gasteiger partial charge >= 0.3 is 0 Å². The Morgan fingerprint density at radius 2 is 2.33 bits per heavy atom. The van der Waals surface area contributed by atoms with E-state index in [0.717, 1.165) is 11.5 Å². The van der Waals surface area contributed by atoms with Crippen molar-refractivity contribution < 1.29 is 4.42 Å². The molecule has 1 aliphatic carbocycles. The third-order valence-electron chi connectivity index (χ3n) is 2.34. The Balaban J connectivity index is 2.15. The largest absolute Gasteiger partial charge is 0.465 e. The summed E-state index contributed by atoms with van der Waals surface area (Å²) in [5, 5.41) is 0. The van der Waals surface area contributed by atoms with E-state index < -0.39 is 0 Å². The van der Waals surface area contributed by atoms with Gasteiger partial charge in [0.25, 0.3) is 0 Å². The molecule has 1 aromatic rings. The highest BCUT2D eigenvalue weighted by molar-refractivity contribution is 5.12. The van der Waals surface area contributed by atoms with Crippen LogP contribution in [0.15, 0.2) is 16.5 Å². The molecular weight excluding hydrogens is 152 g/mol. The summed E-state index contributed by atoms with van der Waals surface area (Å²) in [7, 11) is 0. The van der Waals surface area contributed by atoms with Crippen molar-refractivity contribution in [1.82, 2.24) is 5.43 Å². The quantitative estimate of drug-likeness (QED) is 0.528. The number of hydrogen-bond donors (Lipinski definition) is 2. The summed E-state index contributed by atoms with van der Waals surface area (Å²) in [6.45, 7) is 1.95. The zero-order valence-electron chi connectivity index (χ0n) is 7.21. The molecule has 0 saturated heterocycles. The first kappa shape index (κ1) is 7.83. The predicted octanol–water partition coefficient (Wildman–Crippen LogP) is 1.50. The first-order valence-corrected chi connectivity index (χ1v) is 4.33. The van der Waals surface area contributed by atoms with Crippen LogP contribution in [0.4, 0.5) is 0 Å². The monoisotopic (exact) mass is 166 g/mol. The Hall–Kier alpha value is -0.800. The zero-order valence-corrected chi connectivity index (χ0v) is 7.21. The lowest BCUT2D eigenvalue weighted by Gasteiger charge is -2.10. The molecule has 1 atom stereocenters. The Labute approximate surface area is 71.9 Å². The molecule has 1 aliphatic rings. The van der Waals surface area contributed by atoms with Gasteiger partial charge in [0.05, 0.1) is 6.04 Å². The number of nitrogens with two attached hydrogens (primary N) is 1. The maximum atomic E-state index is 5.50. The molecule has 3 N–H and O–H groups in total. The minimum atomic E-state index is 0.221. The highest BCUT2D eigenvalue weighted by Gasteiger charge is 2.33. The molecule has 2 rings (SSSR count). The van der Waals surface area contributed by atoms with Crippen LogP contribution in [0.25, 0.3) is 0 Å². The van der Waals surface area contributed by atoms with Gasteiger partial charge in [-0.2, -0.15) is 0 Å². The van der Waals surface area contributed by atoms with Crippen molar-refractivity contribution in [2.75, 3.05) is 0 Å². The van der Waals surface area contributed by atoms with Gasteiger partial charge in [0.15, 0.2) is 0 Å². The second-order valence-corrected chi connectivity index (χ2v) is 3.43. The lowest BCUT2D eigenvalue weighted by atomic mass is 10.1. The highest BCUT2D eigenvalue weighted by Crippen LogP contribution is 2.40. The Morgan fingerprint density at radius 1 is 1.58 bits per heavy atom. The van der Waals surface area contributed by atoms with Crippen LogP contribution in [0, 0.1) is 12.8 Å². The first-order chi connectivity index (χ1) is 5.81. The van der Waals surface area contributed by atoms with Crippen molar-refractivity contribution >= 4 is 0 Å². The van der Waals surface area contributed by atoms with Gasteiger partial charge in [-0.05, 0) is 37.8 Å². The molecule has 3 nitrogen and oxygen atoms in total. The van der Waals surface area contributed by atoms with Crippen molar-refractivity contribution in [3.8, 4) is 0 Å². The van der Waals surface area contributed by atoms with E-state index in [1.165, 1.54) is 12.8 Å². The molecule has 1 saturated carbocycles. The average molecular weight is 166 g/mol. The van der Waals surface area contributed by atoms with E-state index in [1.54, 1.807) is 0 Å². The van der Waals surface area contributed by atoms with Crippen molar-refractivity contribution in [3.63, 3.8) is 0 Å². The van der Waals surface area contributed by atoms with Crippen LogP contribution in [0.1, 0.15) is 30.4 Å². The highest BCUT2D eigenvalue weighted by atomic mass is 16.3. The molecule has 0 aromatic carbocycles. The molecule has 0 radical (unpaired) electrons. The maximum absolute atomic E-state index is 5.50. The van der Waals surface area contributed by atoms with E-state index in [9.17, 15) is 0 Å². The van der Waals surface area contributed by atoms with Crippen LogP contribution in [-0.2, 0) is 0 Å². The lowest BCUT2D eigenvalue weighted by molar-refractivity contribution is 0.378. The Kier molecular flexibility index (Phi) is 1.90. The number of hydrazine groups is 1. The smallest absolute Gasteiger partial charge is 0.122 e. The van der Waals surface area contributed by atoms with E-state index in [0.29, 0.717) is 5.92 Å². The molecule has 66 valence electrons. The minimum absolute atomic E-state index is 0.221. The summed E-state index contributed by atoms with van der Waals surface area (Å²) in [6.07, 6.45) is 2.52. The Morgan fingerprint density at radius 3 is 2.75 bits per heavy atom. The van der Waals surface area contributed by atoms with Gasteiger partial charge in [-0.15, -0.1) is 0 Å². The van der Waals surface area contributed by atoms with Crippen LogP contribution in [-0.4, -0.2) is 0 Å². The molecule has 1 unspecified atom stereocenters. The minimum Gasteiger partial charge on any atom is -0.465 e. The molecule has 0 aliphatic heterocycles.